The third kappa shape index (κ3) is 13.0. The quantitative estimate of drug-likeness (QED) is 0.0557. The molecule has 4 aromatic rings. The Balaban J connectivity index is 0.929. The van der Waals surface area contributed by atoms with Crippen molar-refractivity contribution in [2.75, 3.05) is 26.4 Å². The van der Waals surface area contributed by atoms with Crippen LogP contribution in [0.15, 0.2) is 121 Å². The third-order valence-corrected chi connectivity index (χ3v) is 7.38. The Morgan fingerprint density at radius 1 is 0.391 bits per heavy atom. The van der Waals surface area contributed by atoms with Crippen molar-refractivity contribution >= 4 is 11.9 Å². The average molecular weight is 621 g/mol. The van der Waals surface area contributed by atoms with Crippen molar-refractivity contribution in [2.45, 2.75) is 51.4 Å². The van der Waals surface area contributed by atoms with Crippen molar-refractivity contribution in [3.05, 3.63) is 121 Å². The molecule has 0 radical (unpaired) electrons. The molecule has 6 heteroatoms. The summed E-state index contributed by atoms with van der Waals surface area (Å²) in [6.07, 6.45) is 9.48. The lowest BCUT2D eigenvalue weighted by molar-refractivity contribution is -0.140. The van der Waals surface area contributed by atoms with Crippen LogP contribution in [0.25, 0.3) is 22.3 Å². The first-order valence-electron chi connectivity index (χ1n) is 16.3. The summed E-state index contributed by atoms with van der Waals surface area (Å²) >= 11 is 0. The van der Waals surface area contributed by atoms with E-state index >= 15 is 0 Å². The van der Waals surface area contributed by atoms with Crippen LogP contribution in [-0.4, -0.2) is 38.4 Å². The van der Waals surface area contributed by atoms with Crippen LogP contribution in [0.4, 0.5) is 0 Å². The molecule has 4 aromatic carbocycles. The third-order valence-electron chi connectivity index (χ3n) is 7.38. The Labute approximate surface area is 273 Å². The zero-order valence-electron chi connectivity index (χ0n) is 26.5. The summed E-state index contributed by atoms with van der Waals surface area (Å²) < 4.78 is 22.0. The SMILES string of the molecule is O=C(/C=C\C(=O)OCCCCCCOc1ccc(-c2ccccc2)cc1)OCCCCCCOc1ccc(-c2ccccc2)cc1. The van der Waals surface area contributed by atoms with Crippen LogP contribution in [-0.2, 0) is 19.1 Å². The molecule has 0 heterocycles. The van der Waals surface area contributed by atoms with Crippen LogP contribution in [0.1, 0.15) is 51.4 Å². The molecule has 0 amide bonds. The predicted octanol–water partition coefficient (Wildman–Crippen LogP) is 9.24. The standard InChI is InChI=1S/C40H44O6/c41-39(45-31-13-3-1-11-29-43-37-23-19-35(20-24-37)33-15-7-5-8-16-33)27-28-40(42)46-32-14-4-2-12-30-44-38-25-21-36(22-26-38)34-17-9-6-10-18-34/h5-10,15-28H,1-4,11-14,29-32H2/b28-27-. The largest absolute Gasteiger partial charge is 0.494 e. The summed E-state index contributed by atoms with van der Waals surface area (Å²) in [7, 11) is 0. The molecule has 0 aliphatic carbocycles. The second kappa shape index (κ2) is 20.2. The molecule has 0 saturated carbocycles. The number of unbranched alkanes of at least 4 members (excludes halogenated alkanes) is 6. The van der Waals surface area contributed by atoms with Crippen molar-refractivity contribution < 1.29 is 28.5 Å². The van der Waals surface area contributed by atoms with Crippen molar-refractivity contribution in [3.8, 4) is 33.8 Å². The van der Waals surface area contributed by atoms with E-state index in [0.717, 1.165) is 75.0 Å². The van der Waals surface area contributed by atoms with Gasteiger partial charge in [-0.25, -0.2) is 9.59 Å². The van der Waals surface area contributed by atoms with Gasteiger partial charge in [-0.3, -0.25) is 0 Å². The molecule has 0 saturated heterocycles. The van der Waals surface area contributed by atoms with E-state index in [0.29, 0.717) is 26.4 Å². The Bertz CT molecular complexity index is 1330. The predicted molar refractivity (Wildman–Crippen MR) is 183 cm³/mol. The Kier molecular flexibility index (Phi) is 15.0. The van der Waals surface area contributed by atoms with Gasteiger partial charge >= 0.3 is 11.9 Å². The van der Waals surface area contributed by atoms with Crippen molar-refractivity contribution in [2.24, 2.45) is 0 Å². The molecule has 0 atom stereocenters. The molecule has 6 nitrogen and oxygen atoms in total. The van der Waals surface area contributed by atoms with Crippen LogP contribution < -0.4 is 9.47 Å². The fourth-order valence-corrected chi connectivity index (χ4v) is 4.82. The van der Waals surface area contributed by atoms with Gasteiger partial charge in [0.05, 0.1) is 26.4 Å². The highest BCUT2D eigenvalue weighted by molar-refractivity contribution is 5.91. The lowest BCUT2D eigenvalue weighted by Crippen LogP contribution is -2.06. The van der Waals surface area contributed by atoms with Crippen molar-refractivity contribution in [3.63, 3.8) is 0 Å². The number of hydrogen-bond acceptors (Lipinski definition) is 6. The van der Waals surface area contributed by atoms with Gasteiger partial charge in [0.25, 0.3) is 0 Å². The van der Waals surface area contributed by atoms with Gasteiger partial charge in [0, 0.05) is 12.2 Å². The van der Waals surface area contributed by atoms with Crippen LogP contribution in [0.5, 0.6) is 11.5 Å². The highest BCUT2D eigenvalue weighted by Gasteiger charge is 2.03. The van der Waals surface area contributed by atoms with Crippen molar-refractivity contribution in [1.82, 2.24) is 0 Å². The molecular weight excluding hydrogens is 576 g/mol. The molecule has 0 bridgehead atoms. The molecule has 0 aliphatic rings. The fourth-order valence-electron chi connectivity index (χ4n) is 4.82. The molecule has 46 heavy (non-hydrogen) atoms. The summed E-state index contributed by atoms with van der Waals surface area (Å²) in [4.78, 5) is 23.7. The van der Waals surface area contributed by atoms with E-state index in [9.17, 15) is 9.59 Å². The molecule has 0 fully saturated rings. The minimum atomic E-state index is -0.533. The molecule has 0 aromatic heterocycles. The Morgan fingerprint density at radius 3 is 1.09 bits per heavy atom. The van der Waals surface area contributed by atoms with Gasteiger partial charge in [-0.1, -0.05) is 84.9 Å². The average Bonchev–Trinajstić information content (AvgIpc) is 3.11. The maximum atomic E-state index is 11.9. The van der Waals surface area contributed by atoms with Gasteiger partial charge in [-0.15, -0.1) is 0 Å². The first kappa shape index (κ1) is 34.0. The molecule has 0 N–H and O–H groups in total. The summed E-state index contributed by atoms with van der Waals surface area (Å²) in [5.41, 5.74) is 4.71. The van der Waals surface area contributed by atoms with E-state index in [1.807, 2.05) is 60.7 Å². The topological polar surface area (TPSA) is 71.1 Å². The number of benzene rings is 4. The van der Waals surface area contributed by atoms with E-state index in [-0.39, 0.29) is 0 Å². The van der Waals surface area contributed by atoms with Gasteiger partial charge in [0.2, 0.25) is 0 Å². The van der Waals surface area contributed by atoms with E-state index in [1.165, 1.54) is 22.3 Å². The van der Waals surface area contributed by atoms with E-state index in [1.54, 1.807) is 0 Å². The maximum absolute atomic E-state index is 11.9. The van der Waals surface area contributed by atoms with E-state index in [2.05, 4.69) is 48.5 Å². The second-order valence-electron chi connectivity index (χ2n) is 11.0. The zero-order valence-corrected chi connectivity index (χ0v) is 26.5. The number of esters is 2. The Morgan fingerprint density at radius 2 is 0.717 bits per heavy atom. The molecule has 0 unspecified atom stereocenters. The van der Waals surface area contributed by atoms with Crippen LogP contribution in [0.3, 0.4) is 0 Å². The van der Waals surface area contributed by atoms with Crippen LogP contribution in [0.2, 0.25) is 0 Å². The maximum Gasteiger partial charge on any atom is 0.331 e. The minimum absolute atomic E-state index is 0.322. The minimum Gasteiger partial charge on any atom is -0.494 e. The highest BCUT2D eigenvalue weighted by Crippen LogP contribution is 2.23. The molecule has 0 aliphatic heterocycles. The number of carbonyl (C=O) groups is 2. The van der Waals surface area contributed by atoms with Gasteiger partial charge in [-0.2, -0.15) is 0 Å². The summed E-state index contributed by atoms with van der Waals surface area (Å²) in [5, 5.41) is 0. The van der Waals surface area contributed by atoms with Gasteiger partial charge < -0.3 is 18.9 Å². The van der Waals surface area contributed by atoms with Gasteiger partial charge in [-0.05, 0) is 97.9 Å². The number of carbonyl (C=O) groups excluding carboxylic acids is 2. The van der Waals surface area contributed by atoms with Crippen molar-refractivity contribution in [1.29, 1.82) is 0 Å². The van der Waals surface area contributed by atoms with E-state index in [4.69, 9.17) is 18.9 Å². The zero-order chi connectivity index (χ0) is 32.1. The van der Waals surface area contributed by atoms with Gasteiger partial charge in [0.1, 0.15) is 11.5 Å². The molecule has 4 rings (SSSR count). The monoisotopic (exact) mass is 620 g/mol. The lowest BCUT2D eigenvalue weighted by atomic mass is 10.1. The molecule has 0 spiro atoms. The number of ether oxygens (including phenoxy) is 4. The second-order valence-corrected chi connectivity index (χ2v) is 11.0. The summed E-state index contributed by atoms with van der Waals surface area (Å²) in [6, 6.07) is 36.8. The van der Waals surface area contributed by atoms with E-state index < -0.39 is 11.9 Å². The van der Waals surface area contributed by atoms with Crippen LogP contribution in [0, 0.1) is 0 Å². The fraction of sp³-hybridized carbons (Fsp3) is 0.300. The Hall–Kier alpha value is -4.84. The number of hydrogen-bond donors (Lipinski definition) is 0. The molecule has 240 valence electrons. The summed E-state index contributed by atoms with van der Waals surface area (Å²) in [6.45, 7) is 1.94. The first-order chi connectivity index (χ1) is 22.7. The summed E-state index contributed by atoms with van der Waals surface area (Å²) in [5.74, 6) is 0.659. The molecular formula is C40H44O6. The normalized spacial score (nSPS) is 10.9. The van der Waals surface area contributed by atoms with Crippen LogP contribution >= 0.6 is 0 Å². The highest BCUT2D eigenvalue weighted by atomic mass is 16.5. The first-order valence-corrected chi connectivity index (χ1v) is 16.3. The van der Waals surface area contributed by atoms with Gasteiger partial charge in [0.15, 0.2) is 0 Å². The smallest absolute Gasteiger partial charge is 0.331 e. The number of rotatable bonds is 20. The lowest BCUT2D eigenvalue weighted by Gasteiger charge is -2.08.